The lowest BCUT2D eigenvalue weighted by molar-refractivity contribution is -0.00876. The van der Waals surface area contributed by atoms with Gasteiger partial charge in [0, 0.05) is 61.3 Å². The molecule has 0 aromatic carbocycles. The fourth-order valence-electron chi connectivity index (χ4n) is 5.87. The average Bonchev–Trinajstić information content (AvgIpc) is 3.57. The monoisotopic (exact) mass is 524 g/mol. The highest BCUT2D eigenvalue weighted by atomic mass is 16.5. The molecule has 8 rings (SSSR count). The van der Waals surface area contributed by atoms with Crippen molar-refractivity contribution in [3.63, 3.8) is 0 Å². The van der Waals surface area contributed by atoms with Crippen LogP contribution in [0.3, 0.4) is 0 Å². The molecule has 10 heteroatoms. The number of nitrogens with zero attached hydrogens (tertiary/aromatic N) is 7. The molecule has 3 aliphatic heterocycles. The topological polar surface area (TPSA) is 96.7 Å². The summed E-state index contributed by atoms with van der Waals surface area (Å²) < 4.78 is 13.1. The Balaban J connectivity index is 1.10. The SMILES string of the molecule is CCCCOc1cc(-c2ccc(N3CC4CC(C3)N4Cc3ccc(OC)nc3)nc2)c2c3cn[nH]c3nn2c1. The van der Waals surface area contributed by atoms with E-state index in [1.807, 2.05) is 35.4 Å². The molecule has 1 N–H and O–H groups in total. The predicted octanol–water partition coefficient (Wildman–Crippen LogP) is 4.32. The van der Waals surface area contributed by atoms with Crippen molar-refractivity contribution in [2.45, 2.75) is 44.8 Å². The Hall–Kier alpha value is -4.18. The third-order valence-electron chi connectivity index (χ3n) is 7.97. The van der Waals surface area contributed by atoms with Crippen molar-refractivity contribution in [3.8, 4) is 22.8 Å². The van der Waals surface area contributed by atoms with E-state index in [1.54, 1.807) is 7.11 Å². The molecule has 8 heterocycles. The smallest absolute Gasteiger partial charge is 0.212 e. The zero-order valence-electron chi connectivity index (χ0n) is 22.2. The number of ether oxygens (including phenoxy) is 2. The Morgan fingerprint density at radius 3 is 2.69 bits per heavy atom. The summed E-state index contributed by atoms with van der Waals surface area (Å²) in [7, 11) is 1.65. The Labute approximate surface area is 226 Å². The molecule has 0 aliphatic carbocycles. The maximum Gasteiger partial charge on any atom is 0.212 e. The van der Waals surface area contributed by atoms with Crippen molar-refractivity contribution in [1.82, 2.24) is 34.7 Å². The van der Waals surface area contributed by atoms with Gasteiger partial charge in [0.15, 0.2) is 5.65 Å². The summed E-state index contributed by atoms with van der Waals surface area (Å²) in [5.74, 6) is 2.48. The molecule has 3 fully saturated rings. The molecule has 2 atom stereocenters. The van der Waals surface area contributed by atoms with Gasteiger partial charge in [-0.05, 0) is 36.6 Å². The van der Waals surface area contributed by atoms with Crippen molar-refractivity contribution in [2.75, 3.05) is 31.7 Å². The normalized spacial score (nSPS) is 19.0. The summed E-state index contributed by atoms with van der Waals surface area (Å²) in [5.41, 5.74) is 5.05. The first-order valence-electron chi connectivity index (χ1n) is 13.6. The maximum atomic E-state index is 6.06. The minimum absolute atomic E-state index is 0.532. The molecule has 3 aliphatic rings. The number of hydrogen-bond donors (Lipinski definition) is 1. The Bertz CT molecular complexity index is 1580. The Morgan fingerprint density at radius 2 is 1.95 bits per heavy atom. The quantitative estimate of drug-likeness (QED) is 0.285. The van der Waals surface area contributed by atoms with Gasteiger partial charge in [0.2, 0.25) is 5.88 Å². The van der Waals surface area contributed by atoms with Crippen LogP contribution in [-0.2, 0) is 6.54 Å². The molecule has 0 amide bonds. The van der Waals surface area contributed by atoms with E-state index in [4.69, 9.17) is 14.5 Å². The lowest BCUT2D eigenvalue weighted by Gasteiger charge is -2.56. The standard InChI is InChI=1S/C29H32N8O2/c1-3-4-9-39-23-11-24(28-25-14-32-33-29(25)34-37(28)18-23)20-6-7-26(30-13-20)35-16-21-10-22(17-35)36(21)15-19-5-8-27(38-2)31-12-19/h5-8,11-14,18,21-22H,3-4,9-10,15-17H2,1-2H3,(H,33,34). The van der Waals surface area contributed by atoms with Crippen molar-refractivity contribution in [3.05, 3.63) is 60.7 Å². The number of aromatic nitrogens is 6. The number of unbranched alkanes of at least 4 members (excludes halogenated alkanes) is 1. The summed E-state index contributed by atoms with van der Waals surface area (Å²) in [6, 6.07) is 11.5. The summed E-state index contributed by atoms with van der Waals surface area (Å²) in [5, 5.41) is 12.8. The third kappa shape index (κ3) is 4.34. The summed E-state index contributed by atoms with van der Waals surface area (Å²) >= 11 is 0. The van der Waals surface area contributed by atoms with E-state index < -0.39 is 0 Å². The lowest BCUT2D eigenvalue weighted by atomic mass is 9.87. The molecule has 2 unspecified atom stereocenters. The largest absolute Gasteiger partial charge is 0.492 e. The van der Waals surface area contributed by atoms with Crippen LogP contribution in [0, 0.1) is 0 Å². The zero-order chi connectivity index (χ0) is 26.3. The number of piperazine rings is 1. The van der Waals surface area contributed by atoms with Crippen LogP contribution < -0.4 is 14.4 Å². The molecule has 0 saturated carbocycles. The molecule has 3 saturated heterocycles. The van der Waals surface area contributed by atoms with Gasteiger partial charge in [-0.2, -0.15) is 5.10 Å². The van der Waals surface area contributed by atoms with Crippen LogP contribution in [0.25, 0.3) is 27.7 Å². The first kappa shape index (κ1) is 23.9. The van der Waals surface area contributed by atoms with Gasteiger partial charge >= 0.3 is 0 Å². The number of pyridine rings is 3. The van der Waals surface area contributed by atoms with Crippen LogP contribution in [0.15, 0.2) is 55.1 Å². The fraction of sp³-hybridized carbons (Fsp3) is 0.379. The van der Waals surface area contributed by atoms with Crippen molar-refractivity contribution >= 4 is 22.4 Å². The van der Waals surface area contributed by atoms with Gasteiger partial charge in [-0.25, -0.2) is 14.5 Å². The fourth-order valence-corrected chi connectivity index (χ4v) is 5.87. The van der Waals surface area contributed by atoms with E-state index in [2.05, 4.69) is 61.3 Å². The molecule has 5 aromatic heterocycles. The predicted molar refractivity (Wildman–Crippen MR) is 149 cm³/mol. The first-order valence-corrected chi connectivity index (χ1v) is 13.6. The number of nitrogens with one attached hydrogen (secondary N) is 1. The molecular weight excluding hydrogens is 492 g/mol. The van der Waals surface area contributed by atoms with Crippen LogP contribution in [-0.4, -0.2) is 73.6 Å². The minimum atomic E-state index is 0.532. The van der Waals surface area contributed by atoms with E-state index in [1.165, 1.54) is 12.0 Å². The number of anilines is 1. The number of rotatable bonds is 9. The number of aromatic amines is 1. The first-order chi connectivity index (χ1) is 19.2. The lowest BCUT2D eigenvalue weighted by Crippen LogP contribution is -2.68. The summed E-state index contributed by atoms with van der Waals surface area (Å²) in [4.78, 5) is 14.3. The summed E-state index contributed by atoms with van der Waals surface area (Å²) in [6.45, 7) is 5.73. The van der Waals surface area contributed by atoms with Crippen LogP contribution in [0.4, 0.5) is 5.82 Å². The average molecular weight is 525 g/mol. The number of H-pyrrole nitrogens is 1. The van der Waals surface area contributed by atoms with E-state index in [0.29, 0.717) is 24.6 Å². The van der Waals surface area contributed by atoms with Crippen molar-refractivity contribution in [2.24, 2.45) is 0 Å². The highest BCUT2D eigenvalue weighted by molar-refractivity contribution is 6.00. The van der Waals surface area contributed by atoms with Gasteiger partial charge in [0.25, 0.3) is 0 Å². The van der Waals surface area contributed by atoms with Crippen molar-refractivity contribution in [1.29, 1.82) is 0 Å². The van der Waals surface area contributed by atoms with Crippen LogP contribution in [0.1, 0.15) is 31.7 Å². The molecule has 39 heavy (non-hydrogen) atoms. The number of methoxy groups -OCH3 is 1. The van der Waals surface area contributed by atoms with E-state index >= 15 is 0 Å². The minimum Gasteiger partial charge on any atom is -0.492 e. The van der Waals surface area contributed by atoms with Crippen LogP contribution in [0.2, 0.25) is 0 Å². The second kappa shape index (κ2) is 9.85. The van der Waals surface area contributed by atoms with Gasteiger partial charge in [0.05, 0.1) is 37.0 Å². The molecule has 5 aromatic rings. The van der Waals surface area contributed by atoms with Gasteiger partial charge in [0.1, 0.15) is 11.6 Å². The summed E-state index contributed by atoms with van der Waals surface area (Å²) in [6.07, 6.45) is 11.0. The molecule has 0 spiro atoms. The second-order valence-electron chi connectivity index (χ2n) is 10.5. The van der Waals surface area contributed by atoms with Gasteiger partial charge in [-0.15, -0.1) is 5.10 Å². The van der Waals surface area contributed by atoms with E-state index in [-0.39, 0.29) is 0 Å². The van der Waals surface area contributed by atoms with Crippen LogP contribution in [0.5, 0.6) is 11.6 Å². The molecule has 10 nitrogen and oxygen atoms in total. The highest BCUT2D eigenvalue weighted by Crippen LogP contribution is 2.37. The Kier molecular flexibility index (Phi) is 6.04. The molecule has 200 valence electrons. The van der Waals surface area contributed by atoms with Gasteiger partial charge in [-0.1, -0.05) is 19.4 Å². The van der Waals surface area contributed by atoms with E-state index in [0.717, 1.165) is 71.7 Å². The van der Waals surface area contributed by atoms with Gasteiger partial charge < -0.3 is 14.4 Å². The molecular formula is C29H32N8O2. The highest BCUT2D eigenvalue weighted by Gasteiger charge is 2.44. The number of hydrogen-bond acceptors (Lipinski definition) is 8. The molecule has 0 radical (unpaired) electrons. The van der Waals surface area contributed by atoms with Crippen LogP contribution >= 0.6 is 0 Å². The second-order valence-corrected chi connectivity index (χ2v) is 10.5. The number of piperidine rings is 1. The number of fused-ring (bicyclic) bond motifs is 5. The third-order valence-corrected chi connectivity index (χ3v) is 7.97. The van der Waals surface area contributed by atoms with Crippen molar-refractivity contribution < 1.29 is 9.47 Å². The van der Waals surface area contributed by atoms with E-state index in [9.17, 15) is 0 Å². The Morgan fingerprint density at radius 1 is 1.05 bits per heavy atom. The zero-order valence-corrected chi connectivity index (χ0v) is 22.2. The maximum absolute atomic E-state index is 6.06. The molecule has 2 bridgehead atoms. The van der Waals surface area contributed by atoms with Gasteiger partial charge in [-0.3, -0.25) is 10.00 Å².